The smallest absolute Gasteiger partial charge is 0.329 e. The first kappa shape index (κ1) is 62.2. The van der Waals surface area contributed by atoms with Gasteiger partial charge in [0.05, 0.1) is 24.7 Å². The summed E-state index contributed by atoms with van der Waals surface area (Å²) in [5.74, 6) is -9.13. The molecule has 2 amide bonds. The summed E-state index contributed by atoms with van der Waals surface area (Å²) < 4.78 is 35.5. The van der Waals surface area contributed by atoms with E-state index in [1.807, 2.05) is 51.2 Å². The molecule has 4 aliphatic rings. The van der Waals surface area contributed by atoms with Crippen LogP contribution in [-0.4, -0.2) is 158 Å². The lowest BCUT2D eigenvalue weighted by atomic mass is 9.78. The summed E-state index contributed by atoms with van der Waals surface area (Å²) >= 11 is 0. The average molecular weight is 1040 g/mol. The number of aliphatic hydroxyl groups excluding tert-OH is 1. The van der Waals surface area contributed by atoms with Crippen LogP contribution < -0.4 is 0 Å². The third-order valence-electron chi connectivity index (χ3n) is 15.8. The number of hydrogen-bond donors (Lipinski definition) is 2. The van der Waals surface area contributed by atoms with Gasteiger partial charge in [-0.05, 0) is 107 Å². The van der Waals surface area contributed by atoms with E-state index in [2.05, 4.69) is 0 Å². The molecule has 0 aromatic heterocycles. The monoisotopic (exact) mass is 1040 g/mol. The highest BCUT2D eigenvalue weighted by atomic mass is 16.6. The number of Topliss-reactive ketones (excluding diaryl/α,β-unsaturated/α-hetero) is 3. The van der Waals surface area contributed by atoms with Crippen molar-refractivity contribution in [2.24, 2.45) is 35.5 Å². The number of allylic oxidation sites excluding steroid dienone is 6. The van der Waals surface area contributed by atoms with Gasteiger partial charge in [0.1, 0.15) is 36.2 Å². The van der Waals surface area contributed by atoms with E-state index >= 15 is 0 Å². The molecule has 4 rings (SSSR count). The maximum atomic E-state index is 14.6. The van der Waals surface area contributed by atoms with Gasteiger partial charge in [0, 0.05) is 79.0 Å². The highest BCUT2D eigenvalue weighted by Crippen LogP contribution is 2.38. The van der Waals surface area contributed by atoms with Crippen LogP contribution in [0.15, 0.2) is 47.6 Å². The first-order valence-corrected chi connectivity index (χ1v) is 26.8. The van der Waals surface area contributed by atoms with E-state index in [9.17, 15) is 43.8 Å². The second-order valence-corrected chi connectivity index (χ2v) is 21.8. The Hall–Kier alpha value is -4.39. The van der Waals surface area contributed by atoms with Gasteiger partial charge in [-0.3, -0.25) is 28.8 Å². The van der Waals surface area contributed by atoms with Crippen molar-refractivity contribution >= 4 is 41.1 Å². The maximum Gasteiger partial charge on any atom is 0.329 e. The molecule has 1 aliphatic carbocycles. The number of cyclic esters (lactones) is 1. The number of ketones is 3. The minimum atomic E-state index is -2.46. The van der Waals surface area contributed by atoms with Gasteiger partial charge in [-0.1, -0.05) is 71.1 Å². The van der Waals surface area contributed by atoms with E-state index in [1.54, 1.807) is 62.1 Å². The molecule has 74 heavy (non-hydrogen) atoms. The fourth-order valence-corrected chi connectivity index (χ4v) is 10.9. The Bertz CT molecular complexity index is 2060. The summed E-state index contributed by atoms with van der Waals surface area (Å²) in [6.45, 7) is 12.6. The van der Waals surface area contributed by atoms with Crippen LogP contribution in [0.2, 0.25) is 0 Å². The molecule has 15 atom stereocenters. The Balaban J connectivity index is 1.67. The molecule has 2 bridgehead atoms. The molecule has 0 radical (unpaired) electrons. The Morgan fingerprint density at radius 3 is 2.23 bits per heavy atom. The molecule has 17 nitrogen and oxygen atoms in total. The normalized spacial score (nSPS) is 36.8. The van der Waals surface area contributed by atoms with Crippen molar-refractivity contribution < 1.29 is 72.2 Å². The van der Waals surface area contributed by atoms with E-state index in [0.29, 0.717) is 69.8 Å². The molecule has 2 N–H and O–H groups in total. The predicted molar refractivity (Wildman–Crippen MR) is 277 cm³/mol. The molecule has 3 heterocycles. The molecule has 0 aromatic carbocycles. The van der Waals surface area contributed by atoms with Crippen LogP contribution in [0, 0.1) is 35.5 Å². The van der Waals surface area contributed by atoms with Gasteiger partial charge < -0.3 is 48.4 Å². The van der Waals surface area contributed by atoms with Crippen molar-refractivity contribution in [3.8, 4) is 0 Å². The first-order valence-electron chi connectivity index (χ1n) is 26.8. The molecular formula is C57H88N2O15. The number of amides is 2. The standard InChI is InChI=1S/C57H88N2O15/c1-34-18-14-13-15-19-35(2)46(69-10)32-42-23-21-40(7)57(68,74-42)54(65)55(66)59-27-17-16-20-43(59)56(67)73-47(33-44(60)36(3)29-39(6)52(64)53(71-12)51(63)38(5)28-34)37(4)30-41-22-24-45(48(31-41)70-11)72-50(62)26-25-49(61)58(8)9/h13-15,18-19,29,34,36-38,40-43,45-48,52-53,64,68H,16-17,20-28,30-33H2,1-12H3/b15-13+,18-14-,35-19+,39-29+/t34-,36-,37-,38-,40-,41+,42+,43+,45-,46+,47+,48-,52-,53+,57-/m1/s1. The zero-order valence-electron chi connectivity index (χ0n) is 46.2. The van der Waals surface area contributed by atoms with Crippen molar-refractivity contribution in [3.63, 3.8) is 0 Å². The lowest BCUT2D eigenvalue weighted by molar-refractivity contribution is -0.265. The van der Waals surface area contributed by atoms with Crippen molar-refractivity contribution in [2.75, 3.05) is 42.0 Å². The zero-order chi connectivity index (χ0) is 55.0. The minimum Gasteiger partial charge on any atom is -0.460 e. The fourth-order valence-electron chi connectivity index (χ4n) is 10.9. The second kappa shape index (κ2) is 29.2. The number of hydrogen-bond acceptors (Lipinski definition) is 15. The van der Waals surface area contributed by atoms with Crippen molar-refractivity contribution in [3.05, 3.63) is 47.6 Å². The molecule has 0 aromatic rings. The van der Waals surface area contributed by atoms with Crippen molar-refractivity contribution in [1.82, 2.24) is 9.80 Å². The number of methoxy groups -OCH3 is 3. The SMILES string of the molecule is CO[C@H]1C[C@@H]2CC[C@@H](C)[C@@](O)(O2)C(=O)C(=O)N2CCCC[C@H]2C(=O)O[C@H]([C@H](C)C[C@@H]2CC[C@@H](OC(=O)CCC(=O)N(C)C)[C@H](OC)C2)CC(=O)[C@H](C)/C=C(\C)[C@@H](O)[C@@H](OC)C(=O)[C@H](C)C[C@H](C)\C=C/C=C/C=C/1C. The summed E-state index contributed by atoms with van der Waals surface area (Å²) in [4.78, 5) is 98.8. The maximum absolute atomic E-state index is 14.6. The number of esters is 2. The number of carbonyl (C=O) groups is 7. The number of piperidine rings is 1. The largest absolute Gasteiger partial charge is 0.460 e. The summed E-state index contributed by atoms with van der Waals surface area (Å²) in [6, 6.07) is -1.19. The molecule has 1 saturated carbocycles. The van der Waals surface area contributed by atoms with Gasteiger partial charge in [-0.2, -0.15) is 0 Å². The lowest BCUT2D eigenvalue weighted by Crippen LogP contribution is -2.61. The third-order valence-corrected chi connectivity index (χ3v) is 15.8. The summed E-state index contributed by atoms with van der Waals surface area (Å²) in [6.07, 6.45) is 10.3. The quantitative estimate of drug-likeness (QED) is 0.134. The van der Waals surface area contributed by atoms with Crippen LogP contribution in [-0.2, 0) is 62.0 Å². The van der Waals surface area contributed by atoms with E-state index in [4.69, 9.17) is 28.4 Å². The Labute approximate surface area is 439 Å². The Morgan fingerprint density at radius 1 is 0.851 bits per heavy atom. The molecule has 3 aliphatic heterocycles. The van der Waals surface area contributed by atoms with E-state index in [1.165, 1.54) is 16.9 Å². The van der Waals surface area contributed by atoms with Gasteiger partial charge in [0.15, 0.2) is 5.78 Å². The lowest BCUT2D eigenvalue weighted by Gasteiger charge is -2.42. The number of aliphatic hydroxyl groups is 2. The molecule has 416 valence electrons. The molecule has 0 unspecified atom stereocenters. The molecular weight excluding hydrogens is 953 g/mol. The van der Waals surface area contributed by atoms with Gasteiger partial charge in [0.25, 0.3) is 11.7 Å². The summed E-state index contributed by atoms with van der Waals surface area (Å²) in [7, 11) is 7.72. The van der Waals surface area contributed by atoms with Crippen molar-refractivity contribution in [1.29, 1.82) is 0 Å². The highest BCUT2D eigenvalue weighted by Gasteiger charge is 2.53. The fraction of sp³-hybridized carbons (Fsp3) is 0.737. The number of ether oxygens (including phenoxy) is 6. The Kier molecular flexibility index (Phi) is 24.5. The van der Waals surface area contributed by atoms with Gasteiger partial charge >= 0.3 is 11.9 Å². The van der Waals surface area contributed by atoms with Crippen LogP contribution in [0.1, 0.15) is 138 Å². The predicted octanol–water partition coefficient (Wildman–Crippen LogP) is 6.60. The Morgan fingerprint density at radius 2 is 1.57 bits per heavy atom. The molecule has 3 fully saturated rings. The van der Waals surface area contributed by atoms with Crippen LogP contribution in [0.3, 0.4) is 0 Å². The van der Waals surface area contributed by atoms with Gasteiger partial charge in [-0.25, -0.2) is 4.79 Å². The second-order valence-electron chi connectivity index (χ2n) is 21.8. The number of fused-ring (bicyclic) bond motifs is 3. The van der Waals surface area contributed by atoms with Gasteiger partial charge in [-0.15, -0.1) is 0 Å². The minimum absolute atomic E-state index is 0.00193. The van der Waals surface area contributed by atoms with Crippen LogP contribution >= 0.6 is 0 Å². The first-order chi connectivity index (χ1) is 34.9. The van der Waals surface area contributed by atoms with E-state index in [0.717, 1.165) is 5.57 Å². The van der Waals surface area contributed by atoms with E-state index in [-0.39, 0.29) is 61.5 Å². The van der Waals surface area contributed by atoms with E-state index < -0.39 is 102 Å². The summed E-state index contributed by atoms with van der Waals surface area (Å²) in [5, 5.41) is 23.5. The topological polar surface area (TPSA) is 222 Å². The molecule has 17 heteroatoms. The number of carbonyl (C=O) groups excluding carboxylic acids is 7. The number of rotatable bonds is 10. The molecule has 0 spiro atoms. The zero-order valence-corrected chi connectivity index (χ0v) is 46.2. The van der Waals surface area contributed by atoms with Crippen LogP contribution in [0.5, 0.6) is 0 Å². The average Bonchev–Trinajstić information content (AvgIpc) is 3.37. The third kappa shape index (κ3) is 17.1. The van der Waals surface area contributed by atoms with Crippen LogP contribution in [0.25, 0.3) is 0 Å². The highest BCUT2D eigenvalue weighted by molar-refractivity contribution is 6.39. The van der Waals surface area contributed by atoms with Crippen molar-refractivity contribution in [2.45, 2.75) is 193 Å². The number of nitrogens with zero attached hydrogens (tertiary/aromatic N) is 2. The van der Waals surface area contributed by atoms with Crippen LogP contribution in [0.4, 0.5) is 0 Å². The molecule has 2 saturated heterocycles. The summed E-state index contributed by atoms with van der Waals surface area (Å²) in [5.41, 5.74) is 1.23. The van der Waals surface area contributed by atoms with Gasteiger partial charge in [0.2, 0.25) is 11.7 Å².